The third-order valence-corrected chi connectivity index (χ3v) is 10.6. The quantitative estimate of drug-likeness (QED) is 0.0397. The van der Waals surface area contributed by atoms with Crippen LogP contribution in [-0.2, 0) is 49.6 Å². The van der Waals surface area contributed by atoms with Gasteiger partial charge in [0, 0.05) is 19.3 Å². The molecule has 0 spiro atoms. The SMILES string of the molecule is C=CC[C@H](NC(=O)[C@H](CC(C)C)NC(=O)[C@H](CC1CCCCC1)NC(=O)[C@H](Cc1ccccc1C)NC(=O)[C@H](CCC(=O)O)NC(=O)[C@H](CC(=O)O)NC(=O)CCC(=O)O)B(O)O. The Hall–Kier alpha value is -5.83. The Labute approximate surface area is 366 Å². The van der Waals surface area contributed by atoms with Gasteiger partial charge in [-0.15, -0.1) is 6.58 Å². The Balaban J connectivity index is 2.51. The molecule has 1 aliphatic rings. The zero-order valence-electron chi connectivity index (χ0n) is 36.1. The zero-order chi connectivity index (χ0) is 47.2. The largest absolute Gasteiger partial charge is 0.481 e. The number of carboxylic acid groups (broad SMARTS) is 3. The van der Waals surface area contributed by atoms with Gasteiger partial charge in [0.05, 0.1) is 18.8 Å². The smallest absolute Gasteiger partial charge is 0.475 e. The van der Waals surface area contributed by atoms with Crippen LogP contribution in [0.1, 0.15) is 108 Å². The molecule has 63 heavy (non-hydrogen) atoms. The molecule has 0 radical (unpaired) electrons. The van der Waals surface area contributed by atoms with E-state index in [-0.39, 0.29) is 37.5 Å². The fourth-order valence-corrected chi connectivity index (χ4v) is 7.17. The van der Waals surface area contributed by atoms with Crippen LogP contribution in [0.3, 0.4) is 0 Å². The van der Waals surface area contributed by atoms with Gasteiger partial charge in [0.2, 0.25) is 35.4 Å². The molecule has 348 valence electrons. The summed E-state index contributed by atoms with van der Waals surface area (Å²) >= 11 is 0. The molecule has 1 saturated carbocycles. The number of hydrogen-bond donors (Lipinski definition) is 11. The number of benzene rings is 1. The van der Waals surface area contributed by atoms with E-state index in [1.165, 1.54) is 6.08 Å². The van der Waals surface area contributed by atoms with Gasteiger partial charge in [-0.05, 0) is 55.6 Å². The maximum atomic E-state index is 14.4. The van der Waals surface area contributed by atoms with E-state index in [1.54, 1.807) is 31.2 Å². The van der Waals surface area contributed by atoms with Crippen molar-refractivity contribution in [2.75, 3.05) is 0 Å². The number of carbonyl (C=O) groups excluding carboxylic acids is 6. The summed E-state index contributed by atoms with van der Waals surface area (Å²) in [6, 6.07) is -0.370. The van der Waals surface area contributed by atoms with Crippen LogP contribution in [0.4, 0.5) is 0 Å². The highest BCUT2D eigenvalue weighted by Gasteiger charge is 2.36. The van der Waals surface area contributed by atoms with Gasteiger partial charge in [0.1, 0.15) is 30.2 Å². The molecule has 20 nitrogen and oxygen atoms in total. The normalized spacial score (nSPS) is 15.5. The molecule has 0 saturated heterocycles. The van der Waals surface area contributed by atoms with Gasteiger partial charge in [0.25, 0.3) is 0 Å². The minimum atomic E-state index is -1.92. The van der Waals surface area contributed by atoms with E-state index in [1.807, 2.05) is 13.8 Å². The first-order chi connectivity index (χ1) is 29.7. The van der Waals surface area contributed by atoms with Gasteiger partial charge in [-0.1, -0.05) is 76.3 Å². The van der Waals surface area contributed by atoms with Crippen molar-refractivity contribution in [3.05, 3.63) is 48.0 Å². The summed E-state index contributed by atoms with van der Waals surface area (Å²) < 4.78 is 0. The van der Waals surface area contributed by atoms with Crippen LogP contribution in [0.2, 0.25) is 0 Å². The number of carboxylic acids is 3. The minimum absolute atomic E-state index is 0.0112. The van der Waals surface area contributed by atoms with Crippen LogP contribution in [0.15, 0.2) is 36.9 Å². The predicted octanol–water partition coefficient (Wildman–Crippen LogP) is 0.255. The first-order valence-electron chi connectivity index (χ1n) is 21.2. The van der Waals surface area contributed by atoms with Crippen LogP contribution in [0.25, 0.3) is 0 Å². The van der Waals surface area contributed by atoms with Gasteiger partial charge in [-0.3, -0.25) is 43.2 Å². The molecular weight excluding hydrogens is 823 g/mol. The molecule has 6 amide bonds. The van der Waals surface area contributed by atoms with Crippen molar-refractivity contribution in [3.63, 3.8) is 0 Å². The van der Waals surface area contributed by atoms with E-state index in [0.717, 1.165) is 37.7 Å². The first kappa shape index (κ1) is 53.3. The van der Waals surface area contributed by atoms with Crippen LogP contribution in [0, 0.1) is 18.8 Å². The summed E-state index contributed by atoms with van der Waals surface area (Å²) in [6.45, 7) is 8.99. The van der Waals surface area contributed by atoms with Crippen molar-refractivity contribution in [2.24, 2.45) is 11.8 Å². The number of amides is 6. The molecule has 21 heteroatoms. The lowest BCUT2D eigenvalue weighted by molar-refractivity contribution is -0.142. The van der Waals surface area contributed by atoms with Crippen molar-refractivity contribution in [1.82, 2.24) is 31.9 Å². The average molecular weight is 887 g/mol. The summed E-state index contributed by atoms with van der Waals surface area (Å²) in [5, 5.41) is 62.5. The number of aryl methyl sites for hydroxylation is 1. The Morgan fingerprint density at radius 2 is 1.22 bits per heavy atom. The Morgan fingerprint density at radius 1 is 0.683 bits per heavy atom. The maximum Gasteiger partial charge on any atom is 0.475 e. The molecule has 1 fully saturated rings. The fraction of sp³-hybridized carbons (Fsp3) is 0.595. The molecule has 1 aliphatic carbocycles. The van der Waals surface area contributed by atoms with Crippen LogP contribution in [0.5, 0.6) is 0 Å². The number of hydrogen-bond acceptors (Lipinski definition) is 11. The number of carbonyl (C=O) groups is 9. The molecule has 0 aliphatic heterocycles. The van der Waals surface area contributed by atoms with Gasteiger partial charge >= 0.3 is 25.0 Å². The average Bonchev–Trinajstić information content (AvgIpc) is 3.20. The number of rotatable bonds is 28. The van der Waals surface area contributed by atoms with Crippen molar-refractivity contribution in [3.8, 4) is 0 Å². The Bertz CT molecular complexity index is 1770. The first-order valence-corrected chi connectivity index (χ1v) is 21.2. The number of nitrogens with one attached hydrogen (secondary N) is 6. The third-order valence-electron chi connectivity index (χ3n) is 10.6. The molecule has 6 atom stereocenters. The lowest BCUT2D eigenvalue weighted by Gasteiger charge is -2.30. The molecule has 1 aromatic rings. The summed E-state index contributed by atoms with van der Waals surface area (Å²) in [7, 11) is -1.92. The Kier molecular flexibility index (Phi) is 23.1. The van der Waals surface area contributed by atoms with Crippen molar-refractivity contribution in [2.45, 2.75) is 147 Å². The van der Waals surface area contributed by atoms with Crippen molar-refractivity contribution in [1.29, 1.82) is 0 Å². The van der Waals surface area contributed by atoms with E-state index in [9.17, 15) is 63.4 Å². The molecule has 2 rings (SSSR count). The second-order valence-corrected chi connectivity index (χ2v) is 16.3. The van der Waals surface area contributed by atoms with Crippen LogP contribution >= 0.6 is 0 Å². The third kappa shape index (κ3) is 20.3. The minimum Gasteiger partial charge on any atom is -0.481 e. The molecule has 0 bridgehead atoms. The van der Waals surface area contributed by atoms with E-state index < -0.39 is 129 Å². The van der Waals surface area contributed by atoms with E-state index in [2.05, 4.69) is 38.5 Å². The highest BCUT2D eigenvalue weighted by molar-refractivity contribution is 6.43. The highest BCUT2D eigenvalue weighted by Crippen LogP contribution is 2.28. The lowest BCUT2D eigenvalue weighted by Crippen LogP contribution is -2.60. The predicted molar refractivity (Wildman–Crippen MR) is 228 cm³/mol. The summed E-state index contributed by atoms with van der Waals surface area (Å²) in [4.78, 5) is 116. The van der Waals surface area contributed by atoms with Crippen LogP contribution in [-0.4, -0.2) is 122 Å². The monoisotopic (exact) mass is 886 g/mol. The topological polar surface area (TPSA) is 327 Å². The van der Waals surface area contributed by atoms with E-state index in [0.29, 0.717) is 5.56 Å². The van der Waals surface area contributed by atoms with Gasteiger partial charge in [0.15, 0.2) is 0 Å². The summed E-state index contributed by atoms with van der Waals surface area (Å²) in [5.74, 6) is -10.9. The van der Waals surface area contributed by atoms with E-state index in [4.69, 9.17) is 5.11 Å². The highest BCUT2D eigenvalue weighted by atomic mass is 16.4. The lowest BCUT2D eigenvalue weighted by atomic mass is 9.77. The van der Waals surface area contributed by atoms with Crippen molar-refractivity contribution >= 4 is 60.5 Å². The van der Waals surface area contributed by atoms with Gasteiger partial charge in [-0.25, -0.2) is 0 Å². The fourth-order valence-electron chi connectivity index (χ4n) is 7.17. The second-order valence-electron chi connectivity index (χ2n) is 16.3. The molecule has 0 unspecified atom stereocenters. The standard InChI is InChI=1S/C42H63BN6O14/c1-5-11-33(43(62)63)49-42(61)29(20-24(2)3)46-39(58)30(21-26-13-7-6-8-14-26)47-40(59)31(22-27-15-10-9-12-25(27)4)48-38(57)28(16-18-35(51)52)45-41(60)32(23-37(55)56)44-34(50)17-19-36(53)54/h5,9-10,12,15,24,26,28-33,62-63H,1,6-8,11,13-14,16-23H2,2-4H3,(H,44,50)(H,45,60)(H,46,58)(H,47,59)(H,48,57)(H,49,61)(H,51,52)(H,53,54)(H,55,56)/t28-,29-,30-,31-,32-,33-/m0/s1. The molecule has 11 N–H and O–H groups in total. The second kappa shape index (κ2) is 27.3. The van der Waals surface area contributed by atoms with Gasteiger partial charge in [-0.2, -0.15) is 0 Å². The van der Waals surface area contributed by atoms with Crippen molar-refractivity contribution < 1.29 is 68.5 Å². The maximum absolute atomic E-state index is 14.4. The molecule has 1 aromatic carbocycles. The number of aliphatic carboxylic acids is 3. The zero-order valence-corrected chi connectivity index (χ0v) is 36.1. The Morgan fingerprint density at radius 3 is 1.79 bits per heavy atom. The molecular formula is C42H63BN6O14. The summed E-state index contributed by atoms with van der Waals surface area (Å²) in [6.07, 6.45) is 2.54. The van der Waals surface area contributed by atoms with Crippen LogP contribution < -0.4 is 31.9 Å². The summed E-state index contributed by atoms with van der Waals surface area (Å²) in [5.41, 5.74) is 1.34. The molecule has 0 aromatic heterocycles. The van der Waals surface area contributed by atoms with E-state index >= 15 is 0 Å². The molecule has 0 heterocycles. The van der Waals surface area contributed by atoms with Gasteiger partial charge < -0.3 is 57.3 Å².